The minimum Gasteiger partial charge on any atom is -0.383 e. The first kappa shape index (κ1) is 19.3. The van der Waals surface area contributed by atoms with Gasteiger partial charge in [0, 0.05) is 31.6 Å². The number of methoxy groups -OCH3 is 1. The summed E-state index contributed by atoms with van der Waals surface area (Å²) in [5.41, 5.74) is 1.64. The third-order valence-electron chi connectivity index (χ3n) is 4.73. The van der Waals surface area contributed by atoms with Crippen LogP contribution in [0.3, 0.4) is 0 Å². The lowest BCUT2D eigenvalue weighted by atomic mass is 10.1. The summed E-state index contributed by atoms with van der Waals surface area (Å²) < 4.78 is 45.4. The van der Waals surface area contributed by atoms with Gasteiger partial charge < -0.3 is 20.3 Å². The molecule has 1 unspecified atom stereocenters. The van der Waals surface area contributed by atoms with Crippen molar-refractivity contribution in [2.24, 2.45) is 4.99 Å². The number of aromatic nitrogens is 2. The van der Waals surface area contributed by atoms with E-state index in [4.69, 9.17) is 4.74 Å². The first-order chi connectivity index (χ1) is 13.9. The molecule has 1 aromatic heterocycles. The van der Waals surface area contributed by atoms with Crippen LogP contribution >= 0.6 is 0 Å². The van der Waals surface area contributed by atoms with Crippen molar-refractivity contribution >= 4 is 5.84 Å². The molecule has 0 amide bonds. The molecular formula is C19H21F3N6O. The highest BCUT2D eigenvalue weighted by atomic mass is 19.4. The van der Waals surface area contributed by atoms with Crippen LogP contribution in [0.1, 0.15) is 22.9 Å². The lowest BCUT2D eigenvalue weighted by Gasteiger charge is -2.22. The summed E-state index contributed by atoms with van der Waals surface area (Å²) in [5.74, 6) is 0.786. The van der Waals surface area contributed by atoms with Crippen LogP contribution in [0.15, 0.2) is 53.5 Å². The molecule has 3 heterocycles. The zero-order valence-electron chi connectivity index (χ0n) is 15.8. The highest BCUT2D eigenvalue weighted by Crippen LogP contribution is 2.29. The van der Waals surface area contributed by atoms with Crippen LogP contribution in [0.5, 0.6) is 0 Å². The molecule has 2 aliphatic rings. The summed E-state index contributed by atoms with van der Waals surface area (Å²) in [6, 6.07) is 5.28. The van der Waals surface area contributed by atoms with Gasteiger partial charge in [0.2, 0.25) is 0 Å². The number of rotatable bonds is 6. The maximum Gasteiger partial charge on any atom is 0.416 e. The average Bonchev–Trinajstić information content (AvgIpc) is 3.32. The summed E-state index contributed by atoms with van der Waals surface area (Å²) in [7, 11) is 1.66. The van der Waals surface area contributed by atoms with E-state index >= 15 is 0 Å². The molecule has 0 spiro atoms. The Morgan fingerprint density at radius 2 is 2.14 bits per heavy atom. The minimum absolute atomic E-state index is 0.197. The number of hydrogen-bond acceptors (Lipinski definition) is 6. The number of amidine groups is 1. The Balaban J connectivity index is 1.43. The van der Waals surface area contributed by atoms with Crippen LogP contribution in [0.2, 0.25) is 0 Å². The van der Waals surface area contributed by atoms with Crippen molar-refractivity contribution in [3.05, 3.63) is 65.2 Å². The molecule has 0 radical (unpaired) electrons. The molecular weight excluding hydrogens is 385 g/mol. The van der Waals surface area contributed by atoms with Crippen molar-refractivity contribution in [2.75, 3.05) is 26.9 Å². The highest BCUT2D eigenvalue weighted by molar-refractivity contribution is 6.00. The lowest BCUT2D eigenvalue weighted by Crippen LogP contribution is -2.30. The standard InChI is InChI=1S/C19H21F3N6O/c1-29-6-5-27-11-16-18(23-12-27)26-17(25-16)14-8-24-28(10-14)9-13-3-2-4-15(7-13)19(20,21)22/h2-4,7-8,10-11,17,25H,5-6,9,12H2,1H3,(H,23,26). The number of fused-ring (bicyclic) bond motifs is 1. The van der Waals surface area contributed by atoms with E-state index in [1.807, 2.05) is 12.4 Å². The van der Waals surface area contributed by atoms with E-state index in [1.165, 1.54) is 6.07 Å². The van der Waals surface area contributed by atoms with Crippen molar-refractivity contribution in [1.82, 2.24) is 25.3 Å². The van der Waals surface area contributed by atoms with Crippen molar-refractivity contribution in [3.8, 4) is 0 Å². The molecule has 1 saturated heterocycles. The Morgan fingerprint density at radius 1 is 1.28 bits per heavy atom. The van der Waals surface area contributed by atoms with E-state index in [0.29, 0.717) is 18.8 Å². The molecule has 2 N–H and O–H groups in total. The van der Waals surface area contributed by atoms with Crippen LogP contribution in [-0.2, 0) is 17.5 Å². The normalized spacial score (nSPS) is 18.6. The molecule has 0 aliphatic carbocycles. The Bertz CT molecular complexity index is 936. The van der Waals surface area contributed by atoms with Gasteiger partial charge in [-0.15, -0.1) is 0 Å². The third-order valence-corrected chi connectivity index (χ3v) is 4.73. The molecule has 7 nitrogen and oxygen atoms in total. The van der Waals surface area contributed by atoms with Gasteiger partial charge in [-0.2, -0.15) is 18.3 Å². The Hall–Kier alpha value is -3.01. The predicted octanol–water partition coefficient (Wildman–Crippen LogP) is 2.30. The molecule has 1 fully saturated rings. The molecule has 4 rings (SSSR count). The predicted molar refractivity (Wildman–Crippen MR) is 101 cm³/mol. The van der Waals surface area contributed by atoms with Gasteiger partial charge in [-0.25, -0.2) is 4.99 Å². The quantitative estimate of drug-likeness (QED) is 0.771. The second-order valence-electron chi connectivity index (χ2n) is 6.89. The minimum atomic E-state index is -4.36. The molecule has 2 aromatic rings. The smallest absolute Gasteiger partial charge is 0.383 e. The lowest BCUT2D eigenvalue weighted by molar-refractivity contribution is -0.137. The topological polar surface area (TPSA) is 66.7 Å². The van der Waals surface area contributed by atoms with E-state index in [9.17, 15) is 13.2 Å². The molecule has 154 valence electrons. The van der Waals surface area contributed by atoms with Gasteiger partial charge >= 0.3 is 6.18 Å². The van der Waals surface area contributed by atoms with Gasteiger partial charge in [0.05, 0.1) is 30.6 Å². The zero-order valence-corrected chi connectivity index (χ0v) is 15.8. The summed E-state index contributed by atoms with van der Waals surface area (Å²) in [6.07, 6.45) is 0.954. The second kappa shape index (κ2) is 7.78. The summed E-state index contributed by atoms with van der Waals surface area (Å²) in [5, 5.41) is 10.9. The fraction of sp³-hybridized carbons (Fsp3) is 0.368. The Labute approximate surface area is 165 Å². The van der Waals surface area contributed by atoms with Crippen LogP contribution in [0.4, 0.5) is 13.2 Å². The third kappa shape index (κ3) is 4.37. The zero-order chi connectivity index (χ0) is 20.4. The molecule has 2 aliphatic heterocycles. The fourth-order valence-electron chi connectivity index (χ4n) is 3.25. The number of aliphatic imine (C=N–C) groups is 1. The molecule has 0 saturated carbocycles. The summed E-state index contributed by atoms with van der Waals surface area (Å²) in [4.78, 5) is 6.57. The van der Waals surface area contributed by atoms with Crippen molar-refractivity contribution in [3.63, 3.8) is 0 Å². The summed E-state index contributed by atoms with van der Waals surface area (Å²) >= 11 is 0. The maximum atomic E-state index is 12.9. The molecule has 0 bridgehead atoms. The van der Waals surface area contributed by atoms with Gasteiger partial charge in [0.1, 0.15) is 18.7 Å². The van der Waals surface area contributed by atoms with Gasteiger partial charge in [-0.3, -0.25) is 4.68 Å². The largest absolute Gasteiger partial charge is 0.416 e. The Morgan fingerprint density at radius 3 is 2.93 bits per heavy atom. The fourth-order valence-corrected chi connectivity index (χ4v) is 3.25. The van der Waals surface area contributed by atoms with Gasteiger partial charge in [0.25, 0.3) is 0 Å². The van der Waals surface area contributed by atoms with Crippen molar-refractivity contribution < 1.29 is 17.9 Å². The first-order valence-corrected chi connectivity index (χ1v) is 9.13. The van der Waals surface area contributed by atoms with Crippen LogP contribution in [0, 0.1) is 0 Å². The van der Waals surface area contributed by atoms with Crippen molar-refractivity contribution in [2.45, 2.75) is 18.9 Å². The number of halogens is 3. The van der Waals surface area contributed by atoms with E-state index < -0.39 is 11.7 Å². The number of alkyl halides is 3. The van der Waals surface area contributed by atoms with Crippen molar-refractivity contribution in [1.29, 1.82) is 0 Å². The van der Waals surface area contributed by atoms with E-state index in [0.717, 1.165) is 35.8 Å². The number of benzene rings is 1. The van der Waals surface area contributed by atoms with Gasteiger partial charge in [0.15, 0.2) is 0 Å². The number of ether oxygens (including phenoxy) is 1. The Kier molecular flexibility index (Phi) is 5.18. The van der Waals surface area contributed by atoms with E-state index in [-0.39, 0.29) is 12.7 Å². The number of nitrogens with one attached hydrogen (secondary N) is 2. The van der Waals surface area contributed by atoms with Gasteiger partial charge in [-0.1, -0.05) is 12.1 Å². The number of hydrogen-bond donors (Lipinski definition) is 2. The SMILES string of the molecule is COCCN1C=C2NC(c3cnn(Cc4cccc(C(F)(F)F)c4)c3)NC2=NC1. The monoisotopic (exact) mass is 406 g/mol. The first-order valence-electron chi connectivity index (χ1n) is 9.13. The highest BCUT2D eigenvalue weighted by Gasteiger charge is 2.31. The molecule has 29 heavy (non-hydrogen) atoms. The number of nitrogens with zero attached hydrogens (tertiary/aromatic N) is 4. The van der Waals surface area contributed by atoms with E-state index in [2.05, 4.69) is 25.6 Å². The van der Waals surface area contributed by atoms with Crippen LogP contribution in [-0.4, -0.2) is 47.4 Å². The second-order valence-corrected chi connectivity index (χ2v) is 6.89. The molecule has 1 atom stereocenters. The van der Waals surface area contributed by atoms with E-state index in [1.54, 1.807) is 24.1 Å². The summed E-state index contributed by atoms with van der Waals surface area (Å²) in [6.45, 7) is 2.18. The molecule has 1 aromatic carbocycles. The van der Waals surface area contributed by atoms with Crippen LogP contribution < -0.4 is 10.6 Å². The maximum absolute atomic E-state index is 12.9. The van der Waals surface area contributed by atoms with Crippen LogP contribution in [0.25, 0.3) is 0 Å². The van der Waals surface area contributed by atoms with Gasteiger partial charge in [-0.05, 0) is 17.7 Å². The average molecular weight is 406 g/mol. The molecule has 10 heteroatoms.